The van der Waals surface area contributed by atoms with Crippen LogP contribution in [0.15, 0.2) is 24.3 Å². The third-order valence-electron chi connectivity index (χ3n) is 3.17. The van der Waals surface area contributed by atoms with E-state index < -0.39 is 24.8 Å². The normalized spacial score (nSPS) is 23.4. The molecule has 1 aromatic carbocycles. The molecule has 0 radical (unpaired) electrons. The van der Waals surface area contributed by atoms with Crippen molar-refractivity contribution in [3.63, 3.8) is 0 Å². The Balaban J connectivity index is 2.19. The van der Waals surface area contributed by atoms with Crippen LogP contribution in [0.5, 0.6) is 0 Å². The van der Waals surface area contributed by atoms with Crippen LogP contribution in [-0.2, 0) is 4.79 Å². The smallest absolute Gasteiger partial charge is 0.321 e. The number of halogens is 4. The molecular formula is C13H14ClF3N2O. The van der Waals surface area contributed by atoms with E-state index in [0.29, 0.717) is 10.6 Å². The van der Waals surface area contributed by atoms with Crippen molar-refractivity contribution in [2.45, 2.75) is 31.7 Å². The molecule has 20 heavy (non-hydrogen) atoms. The molecule has 110 valence electrons. The third-order valence-corrected chi connectivity index (χ3v) is 3.41. The summed E-state index contributed by atoms with van der Waals surface area (Å²) in [6.45, 7) is 1.27. The maximum atomic E-state index is 12.3. The molecule has 0 aromatic heterocycles. The Bertz CT molecular complexity index is 507. The van der Waals surface area contributed by atoms with Gasteiger partial charge in [0, 0.05) is 11.6 Å². The Hall–Kier alpha value is -1.27. The van der Waals surface area contributed by atoms with Gasteiger partial charge >= 0.3 is 6.18 Å². The number of nitrogens with zero attached hydrogens (tertiary/aromatic N) is 1. The minimum atomic E-state index is -4.29. The van der Waals surface area contributed by atoms with Crippen molar-refractivity contribution in [2.24, 2.45) is 0 Å². The summed E-state index contributed by atoms with van der Waals surface area (Å²) in [5.41, 5.74) is 0.678. The average molecular weight is 307 g/mol. The lowest BCUT2D eigenvalue weighted by atomic mass is 10.1. The molecule has 1 aromatic rings. The van der Waals surface area contributed by atoms with Crippen LogP contribution in [0.1, 0.15) is 25.1 Å². The molecule has 0 saturated carbocycles. The van der Waals surface area contributed by atoms with Crippen LogP contribution in [0.2, 0.25) is 5.02 Å². The van der Waals surface area contributed by atoms with E-state index in [9.17, 15) is 18.0 Å². The quantitative estimate of drug-likeness (QED) is 0.930. The highest BCUT2D eigenvalue weighted by Gasteiger charge is 2.39. The highest BCUT2D eigenvalue weighted by molar-refractivity contribution is 6.30. The summed E-state index contributed by atoms with van der Waals surface area (Å²) in [6.07, 6.45) is -5.88. The van der Waals surface area contributed by atoms with Crippen LogP contribution in [0.25, 0.3) is 0 Å². The number of alkyl halides is 3. The largest absolute Gasteiger partial charge is 0.390 e. The van der Waals surface area contributed by atoms with Gasteiger partial charge in [0.15, 0.2) is 0 Å². The molecule has 2 rings (SSSR count). The van der Waals surface area contributed by atoms with E-state index in [1.807, 2.05) is 0 Å². The predicted molar refractivity (Wildman–Crippen MR) is 69.2 cm³/mol. The first-order valence-electron chi connectivity index (χ1n) is 6.17. The second kappa shape index (κ2) is 5.61. The van der Waals surface area contributed by atoms with Crippen LogP contribution in [-0.4, -0.2) is 29.6 Å². The Morgan fingerprint density at radius 2 is 2.10 bits per heavy atom. The average Bonchev–Trinajstić information content (AvgIpc) is 2.62. The summed E-state index contributed by atoms with van der Waals surface area (Å²) >= 11 is 5.88. The van der Waals surface area contributed by atoms with Gasteiger partial charge in [-0.2, -0.15) is 13.2 Å². The first kappa shape index (κ1) is 15.1. The van der Waals surface area contributed by atoms with Crippen LogP contribution >= 0.6 is 11.6 Å². The molecule has 2 atom stereocenters. The summed E-state index contributed by atoms with van der Waals surface area (Å²) in [6, 6.07) is 6.24. The van der Waals surface area contributed by atoms with E-state index in [-0.39, 0.29) is 12.5 Å². The van der Waals surface area contributed by atoms with Crippen molar-refractivity contribution in [3.05, 3.63) is 34.9 Å². The molecular weight excluding hydrogens is 293 g/mol. The highest BCUT2D eigenvalue weighted by Crippen LogP contribution is 2.29. The number of hydrogen-bond acceptors (Lipinski definition) is 2. The Labute approximate surface area is 119 Å². The zero-order chi connectivity index (χ0) is 14.9. The fraction of sp³-hybridized carbons (Fsp3) is 0.462. The van der Waals surface area contributed by atoms with E-state index in [1.165, 1.54) is 4.90 Å². The predicted octanol–water partition coefficient (Wildman–Crippen LogP) is 3.11. The minimum Gasteiger partial charge on any atom is -0.321 e. The monoisotopic (exact) mass is 306 g/mol. The molecule has 7 heteroatoms. The summed E-state index contributed by atoms with van der Waals surface area (Å²) in [5, 5.41) is 3.46. The molecule has 3 nitrogen and oxygen atoms in total. The van der Waals surface area contributed by atoms with Crippen molar-refractivity contribution < 1.29 is 18.0 Å². The number of nitrogens with one attached hydrogen (secondary N) is 1. The molecule has 1 saturated heterocycles. The maximum Gasteiger partial charge on any atom is 0.390 e. The van der Waals surface area contributed by atoms with Gasteiger partial charge in [0.1, 0.15) is 6.17 Å². The molecule has 0 bridgehead atoms. The van der Waals surface area contributed by atoms with Crippen LogP contribution in [0, 0.1) is 0 Å². The van der Waals surface area contributed by atoms with Crippen molar-refractivity contribution in [1.29, 1.82) is 0 Å². The molecule has 1 N–H and O–H groups in total. The van der Waals surface area contributed by atoms with Gasteiger partial charge in [-0.25, -0.2) is 0 Å². The van der Waals surface area contributed by atoms with Crippen molar-refractivity contribution >= 4 is 17.5 Å². The Morgan fingerprint density at radius 1 is 1.40 bits per heavy atom. The summed E-state index contributed by atoms with van der Waals surface area (Å²) < 4.78 is 37.0. The van der Waals surface area contributed by atoms with Gasteiger partial charge in [-0.15, -0.1) is 0 Å². The van der Waals surface area contributed by atoms with Crippen LogP contribution in [0.3, 0.4) is 0 Å². The molecule has 1 aliphatic heterocycles. The second-order valence-corrected chi connectivity index (χ2v) is 5.18. The Morgan fingerprint density at radius 3 is 2.70 bits per heavy atom. The van der Waals surface area contributed by atoms with E-state index in [2.05, 4.69) is 5.32 Å². The first-order valence-corrected chi connectivity index (χ1v) is 6.54. The van der Waals surface area contributed by atoms with Crippen molar-refractivity contribution in [3.8, 4) is 0 Å². The van der Waals surface area contributed by atoms with Gasteiger partial charge in [0.25, 0.3) is 0 Å². The van der Waals surface area contributed by atoms with Crippen molar-refractivity contribution in [1.82, 2.24) is 10.2 Å². The zero-order valence-electron chi connectivity index (χ0n) is 10.7. The van der Waals surface area contributed by atoms with Crippen LogP contribution in [0.4, 0.5) is 13.2 Å². The summed E-state index contributed by atoms with van der Waals surface area (Å²) in [7, 11) is 0. The molecule has 0 aliphatic carbocycles. The molecule has 1 heterocycles. The molecule has 2 unspecified atom stereocenters. The van der Waals surface area contributed by atoms with Gasteiger partial charge in [0.2, 0.25) is 5.91 Å². The number of carbonyl (C=O) groups is 1. The molecule has 1 aliphatic rings. The van der Waals surface area contributed by atoms with E-state index in [1.54, 1.807) is 31.2 Å². The van der Waals surface area contributed by atoms with Gasteiger partial charge in [0.05, 0.1) is 12.5 Å². The summed E-state index contributed by atoms with van der Waals surface area (Å²) in [4.78, 5) is 13.2. The summed E-state index contributed by atoms with van der Waals surface area (Å²) in [5.74, 6) is -0.334. The fourth-order valence-corrected chi connectivity index (χ4v) is 2.41. The van der Waals surface area contributed by atoms with Gasteiger partial charge in [-0.05, 0) is 24.6 Å². The lowest BCUT2D eigenvalue weighted by molar-refractivity contribution is -0.145. The van der Waals surface area contributed by atoms with E-state index in [4.69, 9.17) is 11.6 Å². The van der Waals surface area contributed by atoms with E-state index in [0.717, 1.165) is 0 Å². The molecule has 0 spiro atoms. The lowest BCUT2D eigenvalue weighted by Gasteiger charge is -2.25. The standard InChI is InChI=1S/C13H14ClF3N2O/c1-8-12(20)19(6-5-13(15,16)17)11(18-8)9-3-2-4-10(14)7-9/h2-4,7-8,11,18H,5-6H2,1H3. The van der Waals surface area contributed by atoms with Crippen LogP contribution < -0.4 is 5.32 Å². The topological polar surface area (TPSA) is 32.3 Å². The fourth-order valence-electron chi connectivity index (χ4n) is 2.21. The second-order valence-electron chi connectivity index (χ2n) is 4.74. The van der Waals surface area contributed by atoms with Gasteiger partial charge < -0.3 is 4.90 Å². The number of hydrogen-bond donors (Lipinski definition) is 1. The number of amides is 1. The highest BCUT2D eigenvalue weighted by atomic mass is 35.5. The van der Waals surface area contributed by atoms with Gasteiger partial charge in [-0.1, -0.05) is 23.7 Å². The number of rotatable bonds is 3. The number of carbonyl (C=O) groups excluding carboxylic acids is 1. The maximum absolute atomic E-state index is 12.3. The minimum absolute atomic E-state index is 0.334. The zero-order valence-corrected chi connectivity index (χ0v) is 11.5. The lowest BCUT2D eigenvalue weighted by Crippen LogP contribution is -2.33. The Kier molecular flexibility index (Phi) is 4.25. The molecule has 1 fully saturated rings. The van der Waals surface area contributed by atoms with Crippen molar-refractivity contribution in [2.75, 3.05) is 6.54 Å². The SMILES string of the molecule is CC1NC(c2cccc(Cl)c2)N(CCC(F)(F)F)C1=O. The number of benzene rings is 1. The van der Waals surface area contributed by atoms with E-state index >= 15 is 0 Å². The molecule has 1 amide bonds. The van der Waals surface area contributed by atoms with Gasteiger partial charge in [-0.3, -0.25) is 10.1 Å². The third kappa shape index (κ3) is 3.43. The first-order chi connectivity index (χ1) is 9.28.